The van der Waals surface area contributed by atoms with Crippen LogP contribution in [0.1, 0.15) is 32.9 Å². The highest BCUT2D eigenvalue weighted by Crippen LogP contribution is 2.12. The number of anilines is 1. The number of benzene rings is 2. The number of hydrogen-bond donors (Lipinski definition) is 2. The van der Waals surface area contributed by atoms with Gasteiger partial charge >= 0.3 is 0 Å². The number of nitrogens with one attached hydrogen (secondary N) is 2. The van der Waals surface area contributed by atoms with Crippen molar-refractivity contribution >= 4 is 23.7 Å². The lowest BCUT2D eigenvalue weighted by Crippen LogP contribution is -2.24. The summed E-state index contributed by atoms with van der Waals surface area (Å²) in [5.74, 6) is -0.450. The molecule has 0 bridgehead atoms. The Morgan fingerprint density at radius 3 is 2.52 bits per heavy atom. The van der Waals surface area contributed by atoms with E-state index < -0.39 is 0 Å². The van der Waals surface area contributed by atoms with Crippen LogP contribution >= 0.6 is 0 Å². The Morgan fingerprint density at radius 2 is 1.83 bits per heavy atom. The molecule has 0 aliphatic carbocycles. The van der Waals surface area contributed by atoms with Crippen molar-refractivity contribution in [2.24, 2.45) is 5.10 Å². The van der Waals surface area contributed by atoms with Gasteiger partial charge in [0.15, 0.2) is 0 Å². The molecule has 0 radical (unpaired) electrons. The second kappa shape index (κ2) is 8.97. The van der Waals surface area contributed by atoms with Gasteiger partial charge in [-0.15, -0.1) is 0 Å². The first-order valence-corrected chi connectivity index (χ1v) is 9.22. The predicted molar refractivity (Wildman–Crippen MR) is 113 cm³/mol. The highest BCUT2D eigenvalue weighted by molar-refractivity contribution is 6.04. The van der Waals surface area contributed by atoms with E-state index >= 15 is 0 Å². The van der Waals surface area contributed by atoms with Crippen LogP contribution in [0, 0.1) is 20.8 Å². The van der Waals surface area contributed by atoms with Crippen LogP contribution in [0.3, 0.4) is 0 Å². The van der Waals surface area contributed by atoms with Crippen molar-refractivity contribution in [3.05, 3.63) is 82.7 Å². The molecule has 1 heterocycles. The quantitative estimate of drug-likeness (QED) is 0.501. The molecule has 29 heavy (non-hydrogen) atoms. The highest BCUT2D eigenvalue weighted by Gasteiger charge is 2.07. The van der Waals surface area contributed by atoms with Crippen LogP contribution in [0.15, 0.2) is 59.7 Å². The maximum atomic E-state index is 12.3. The van der Waals surface area contributed by atoms with Crippen LogP contribution in [0.4, 0.5) is 5.69 Å². The van der Waals surface area contributed by atoms with Gasteiger partial charge in [0.1, 0.15) is 6.54 Å². The molecular weight excluding hydrogens is 366 g/mol. The summed E-state index contributed by atoms with van der Waals surface area (Å²) in [6.07, 6.45) is 1.53. The third-order valence-electron chi connectivity index (χ3n) is 4.26. The Kier molecular flexibility index (Phi) is 6.19. The van der Waals surface area contributed by atoms with E-state index in [1.54, 1.807) is 28.9 Å². The predicted octanol–water partition coefficient (Wildman–Crippen LogP) is 3.21. The topological polar surface area (TPSA) is 88.4 Å². The van der Waals surface area contributed by atoms with E-state index in [9.17, 15) is 9.59 Å². The summed E-state index contributed by atoms with van der Waals surface area (Å²) >= 11 is 0. The molecule has 7 nitrogen and oxygen atoms in total. The molecule has 7 heteroatoms. The third-order valence-corrected chi connectivity index (χ3v) is 4.26. The number of hydrazone groups is 1. The molecule has 0 spiro atoms. The van der Waals surface area contributed by atoms with Gasteiger partial charge in [-0.3, -0.25) is 14.3 Å². The number of rotatable bonds is 6. The van der Waals surface area contributed by atoms with Crippen LogP contribution in [-0.2, 0) is 11.3 Å². The Balaban J connectivity index is 1.57. The van der Waals surface area contributed by atoms with Gasteiger partial charge in [-0.2, -0.15) is 10.2 Å². The Labute approximate surface area is 169 Å². The van der Waals surface area contributed by atoms with E-state index in [1.807, 2.05) is 51.1 Å². The van der Waals surface area contributed by atoms with Crippen LogP contribution < -0.4 is 10.7 Å². The first-order valence-electron chi connectivity index (χ1n) is 9.22. The van der Waals surface area contributed by atoms with Gasteiger partial charge in [0, 0.05) is 16.9 Å². The van der Waals surface area contributed by atoms with Crippen LogP contribution in [0.25, 0.3) is 0 Å². The molecule has 0 atom stereocenters. The first-order chi connectivity index (χ1) is 13.9. The summed E-state index contributed by atoms with van der Waals surface area (Å²) in [5, 5.41) is 11.1. The van der Waals surface area contributed by atoms with Gasteiger partial charge in [-0.1, -0.05) is 29.8 Å². The SMILES string of the molecule is Cc1ccc(C(=O)Nc2cccc(/C=N/NC(=O)Cn3nc(C)cc3C)c2)cc1. The zero-order valence-electron chi connectivity index (χ0n) is 16.6. The van der Waals surface area contributed by atoms with Crippen molar-refractivity contribution in [1.82, 2.24) is 15.2 Å². The minimum absolute atomic E-state index is 0.101. The molecular formula is C22H23N5O2. The van der Waals surface area contributed by atoms with E-state index in [1.165, 1.54) is 6.21 Å². The molecule has 0 saturated heterocycles. The molecule has 2 aromatic carbocycles. The van der Waals surface area contributed by atoms with Crippen LogP contribution in [0.2, 0.25) is 0 Å². The average molecular weight is 389 g/mol. The number of carbonyl (C=O) groups is 2. The number of aryl methyl sites for hydroxylation is 3. The number of carbonyl (C=O) groups excluding carboxylic acids is 2. The minimum atomic E-state index is -0.267. The van der Waals surface area contributed by atoms with E-state index in [0.29, 0.717) is 11.3 Å². The molecule has 148 valence electrons. The summed E-state index contributed by atoms with van der Waals surface area (Å²) < 4.78 is 1.63. The Hall–Kier alpha value is -3.74. The zero-order valence-corrected chi connectivity index (χ0v) is 16.6. The minimum Gasteiger partial charge on any atom is -0.322 e. The van der Waals surface area contributed by atoms with E-state index in [-0.39, 0.29) is 18.4 Å². The molecule has 0 aliphatic heterocycles. The summed E-state index contributed by atoms with van der Waals surface area (Å²) in [5.41, 5.74) is 7.35. The lowest BCUT2D eigenvalue weighted by Gasteiger charge is -2.06. The lowest BCUT2D eigenvalue weighted by atomic mass is 10.1. The van der Waals surface area contributed by atoms with Gasteiger partial charge in [-0.25, -0.2) is 5.43 Å². The molecule has 0 saturated carbocycles. The largest absolute Gasteiger partial charge is 0.322 e. The summed E-state index contributed by atoms with van der Waals surface area (Å²) in [6, 6.07) is 16.5. The summed E-state index contributed by atoms with van der Waals surface area (Å²) in [4.78, 5) is 24.3. The van der Waals surface area contributed by atoms with Crippen molar-refractivity contribution < 1.29 is 9.59 Å². The average Bonchev–Trinajstić information content (AvgIpc) is 2.99. The van der Waals surface area contributed by atoms with Crippen molar-refractivity contribution in [2.75, 3.05) is 5.32 Å². The molecule has 0 aliphatic rings. The van der Waals surface area contributed by atoms with Gasteiger partial charge in [0.25, 0.3) is 11.8 Å². The van der Waals surface area contributed by atoms with Gasteiger partial charge < -0.3 is 5.32 Å². The third kappa shape index (κ3) is 5.62. The monoisotopic (exact) mass is 389 g/mol. The second-order valence-corrected chi connectivity index (χ2v) is 6.82. The first kappa shape index (κ1) is 20.0. The van der Waals surface area contributed by atoms with Crippen molar-refractivity contribution in [3.8, 4) is 0 Å². The molecule has 0 unspecified atom stereocenters. The molecule has 2 amide bonds. The standard InChI is InChI=1S/C22H23N5O2/c1-15-7-9-19(10-8-15)22(29)24-20-6-4-5-18(12-20)13-23-25-21(28)14-27-17(3)11-16(2)26-27/h4-13H,14H2,1-3H3,(H,24,29)(H,25,28)/b23-13+. The fourth-order valence-electron chi connectivity index (χ4n) is 2.79. The maximum absolute atomic E-state index is 12.3. The number of hydrogen-bond acceptors (Lipinski definition) is 4. The summed E-state index contributed by atoms with van der Waals surface area (Å²) in [6.45, 7) is 5.85. The smallest absolute Gasteiger partial charge is 0.261 e. The van der Waals surface area contributed by atoms with Gasteiger partial charge in [0.05, 0.1) is 11.9 Å². The number of nitrogens with zero attached hydrogens (tertiary/aromatic N) is 3. The van der Waals surface area contributed by atoms with Crippen molar-refractivity contribution in [1.29, 1.82) is 0 Å². The lowest BCUT2D eigenvalue weighted by molar-refractivity contribution is -0.121. The second-order valence-electron chi connectivity index (χ2n) is 6.82. The molecule has 3 rings (SSSR count). The Bertz CT molecular complexity index is 1050. The van der Waals surface area contributed by atoms with Crippen LogP contribution in [-0.4, -0.2) is 27.8 Å². The van der Waals surface area contributed by atoms with Gasteiger partial charge in [-0.05, 0) is 56.7 Å². The van der Waals surface area contributed by atoms with Crippen molar-refractivity contribution in [2.45, 2.75) is 27.3 Å². The highest BCUT2D eigenvalue weighted by atomic mass is 16.2. The van der Waals surface area contributed by atoms with E-state index in [4.69, 9.17) is 0 Å². The van der Waals surface area contributed by atoms with Crippen molar-refractivity contribution in [3.63, 3.8) is 0 Å². The molecule has 1 aromatic heterocycles. The molecule has 3 aromatic rings. The fourth-order valence-corrected chi connectivity index (χ4v) is 2.79. The maximum Gasteiger partial charge on any atom is 0.261 e. The number of amides is 2. The van der Waals surface area contributed by atoms with E-state index in [0.717, 1.165) is 22.5 Å². The number of aromatic nitrogens is 2. The van der Waals surface area contributed by atoms with Gasteiger partial charge in [0.2, 0.25) is 0 Å². The molecule has 2 N–H and O–H groups in total. The fraction of sp³-hybridized carbons (Fsp3) is 0.182. The zero-order chi connectivity index (χ0) is 20.8. The summed E-state index contributed by atoms with van der Waals surface area (Å²) in [7, 11) is 0. The van der Waals surface area contributed by atoms with E-state index in [2.05, 4.69) is 20.9 Å². The molecule has 0 fully saturated rings. The Morgan fingerprint density at radius 1 is 1.07 bits per heavy atom. The normalized spacial score (nSPS) is 10.9. The van der Waals surface area contributed by atoms with Crippen LogP contribution in [0.5, 0.6) is 0 Å².